The van der Waals surface area contributed by atoms with Gasteiger partial charge < -0.3 is 9.47 Å². The standard InChI is InChI=1S/C14H20N2O4S/c1-21(17,18)16-7-3-5-14(11-16)8-13(10-19-14)20-12-4-2-6-15-9-12/h2,4,6,9,13H,3,5,7-8,10-11H2,1H3. The van der Waals surface area contributed by atoms with Crippen LogP contribution in [0.2, 0.25) is 0 Å². The van der Waals surface area contributed by atoms with Crippen LogP contribution in [0, 0.1) is 0 Å². The maximum absolute atomic E-state index is 11.7. The Hall–Kier alpha value is -1.18. The van der Waals surface area contributed by atoms with E-state index in [2.05, 4.69) is 4.98 Å². The van der Waals surface area contributed by atoms with Crippen LogP contribution >= 0.6 is 0 Å². The maximum atomic E-state index is 11.7. The van der Waals surface area contributed by atoms with Crippen LogP contribution in [-0.4, -0.2) is 55.4 Å². The van der Waals surface area contributed by atoms with Crippen molar-refractivity contribution in [3.8, 4) is 5.75 Å². The van der Waals surface area contributed by atoms with Crippen LogP contribution in [0.1, 0.15) is 19.3 Å². The number of pyridine rings is 1. The summed E-state index contributed by atoms with van der Waals surface area (Å²) in [5, 5.41) is 0. The van der Waals surface area contributed by atoms with Crippen LogP contribution in [0.3, 0.4) is 0 Å². The third-order valence-corrected chi connectivity index (χ3v) is 5.34. The first-order valence-corrected chi connectivity index (χ1v) is 8.98. The second-order valence-electron chi connectivity index (χ2n) is 5.83. The number of ether oxygens (including phenoxy) is 2. The zero-order chi connectivity index (χ0) is 14.9. The monoisotopic (exact) mass is 312 g/mol. The molecule has 3 rings (SSSR count). The fourth-order valence-corrected chi connectivity index (χ4v) is 4.04. The summed E-state index contributed by atoms with van der Waals surface area (Å²) in [4.78, 5) is 4.02. The van der Waals surface area contributed by atoms with Crippen LogP contribution in [0.5, 0.6) is 5.75 Å². The normalized spacial score (nSPS) is 30.6. The molecule has 2 unspecified atom stereocenters. The molecule has 21 heavy (non-hydrogen) atoms. The summed E-state index contributed by atoms with van der Waals surface area (Å²) in [7, 11) is -3.16. The van der Waals surface area contributed by atoms with E-state index in [4.69, 9.17) is 9.47 Å². The Morgan fingerprint density at radius 1 is 1.52 bits per heavy atom. The number of rotatable bonds is 3. The van der Waals surface area contributed by atoms with Gasteiger partial charge in [0.25, 0.3) is 0 Å². The van der Waals surface area contributed by atoms with E-state index in [9.17, 15) is 8.42 Å². The SMILES string of the molecule is CS(=O)(=O)N1CCCC2(CC(Oc3cccnc3)CO2)C1. The van der Waals surface area contributed by atoms with Gasteiger partial charge in [-0.1, -0.05) is 0 Å². The average Bonchev–Trinajstić information content (AvgIpc) is 2.81. The molecule has 0 saturated carbocycles. The minimum Gasteiger partial charge on any atom is -0.486 e. The Morgan fingerprint density at radius 2 is 2.38 bits per heavy atom. The molecule has 1 aromatic rings. The van der Waals surface area contributed by atoms with Gasteiger partial charge in [0, 0.05) is 25.7 Å². The number of hydrogen-bond acceptors (Lipinski definition) is 5. The van der Waals surface area contributed by atoms with Gasteiger partial charge in [0.15, 0.2) is 0 Å². The predicted molar refractivity (Wildman–Crippen MR) is 77.6 cm³/mol. The molecule has 2 aliphatic heterocycles. The Balaban J connectivity index is 1.65. The lowest BCUT2D eigenvalue weighted by molar-refractivity contribution is -0.0337. The van der Waals surface area contributed by atoms with E-state index < -0.39 is 15.6 Å². The fourth-order valence-electron chi connectivity index (χ4n) is 3.11. The largest absolute Gasteiger partial charge is 0.486 e. The van der Waals surface area contributed by atoms with E-state index in [1.54, 1.807) is 12.4 Å². The van der Waals surface area contributed by atoms with E-state index in [1.165, 1.54) is 10.6 Å². The first-order chi connectivity index (χ1) is 9.97. The second-order valence-corrected chi connectivity index (χ2v) is 7.81. The number of hydrogen-bond donors (Lipinski definition) is 0. The van der Waals surface area contributed by atoms with Gasteiger partial charge in [-0.2, -0.15) is 4.31 Å². The Kier molecular flexibility index (Phi) is 3.90. The van der Waals surface area contributed by atoms with Crippen molar-refractivity contribution in [1.29, 1.82) is 0 Å². The van der Waals surface area contributed by atoms with E-state index in [0.717, 1.165) is 18.6 Å². The highest BCUT2D eigenvalue weighted by atomic mass is 32.2. The van der Waals surface area contributed by atoms with Crippen molar-refractivity contribution in [2.75, 3.05) is 26.0 Å². The molecule has 0 aliphatic carbocycles. The van der Waals surface area contributed by atoms with Gasteiger partial charge >= 0.3 is 0 Å². The summed E-state index contributed by atoms with van der Waals surface area (Å²) in [6, 6.07) is 3.69. The summed E-state index contributed by atoms with van der Waals surface area (Å²) in [5.74, 6) is 0.721. The number of aromatic nitrogens is 1. The molecule has 0 bridgehead atoms. The molecule has 1 aromatic heterocycles. The number of piperidine rings is 1. The molecule has 2 saturated heterocycles. The molecular formula is C14H20N2O4S. The summed E-state index contributed by atoms with van der Waals surface area (Å²) in [5.41, 5.74) is -0.395. The van der Waals surface area contributed by atoms with Crippen LogP contribution < -0.4 is 4.74 Å². The van der Waals surface area contributed by atoms with Crippen molar-refractivity contribution in [2.24, 2.45) is 0 Å². The van der Waals surface area contributed by atoms with Crippen molar-refractivity contribution >= 4 is 10.0 Å². The molecule has 2 fully saturated rings. The van der Waals surface area contributed by atoms with Crippen molar-refractivity contribution in [1.82, 2.24) is 9.29 Å². The molecule has 6 nitrogen and oxygen atoms in total. The van der Waals surface area contributed by atoms with Gasteiger partial charge in [-0.05, 0) is 25.0 Å². The molecule has 7 heteroatoms. The van der Waals surface area contributed by atoms with Crippen LogP contribution in [0.25, 0.3) is 0 Å². The van der Waals surface area contributed by atoms with Crippen molar-refractivity contribution < 1.29 is 17.9 Å². The van der Waals surface area contributed by atoms with Gasteiger partial charge in [-0.3, -0.25) is 4.98 Å². The third kappa shape index (κ3) is 3.36. The summed E-state index contributed by atoms with van der Waals surface area (Å²) in [6.45, 7) is 1.50. The highest BCUT2D eigenvalue weighted by Gasteiger charge is 2.46. The quantitative estimate of drug-likeness (QED) is 0.834. The first kappa shape index (κ1) is 14.7. The molecular weight excluding hydrogens is 292 g/mol. The summed E-state index contributed by atoms with van der Waals surface area (Å²) in [6.07, 6.45) is 7.00. The van der Waals surface area contributed by atoms with Crippen molar-refractivity contribution in [3.05, 3.63) is 24.5 Å². The van der Waals surface area contributed by atoms with Gasteiger partial charge in [0.2, 0.25) is 10.0 Å². The molecule has 0 amide bonds. The van der Waals surface area contributed by atoms with E-state index >= 15 is 0 Å². The lowest BCUT2D eigenvalue weighted by Gasteiger charge is -2.38. The molecule has 116 valence electrons. The minimum atomic E-state index is -3.16. The highest BCUT2D eigenvalue weighted by molar-refractivity contribution is 7.88. The topological polar surface area (TPSA) is 68.7 Å². The van der Waals surface area contributed by atoms with Crippen molar-refractivity contribution in [2.45, 2.75) is 31.0 Å². The van der Waals surface area contributed by atoms with Gasteiger partial charge in [-0.15, -0.1) is 0 Å². The summed E-state index contributed by atoms with van der Waals surface area (Å²) >= 11 is 0. The van der Waals surface area contributed by atoms with Crippen molar-refractivity contribution in [3.63, 3.8) is 0 Å². The molecule has 2 atom stereocenters. The molecule has 2 aliphatic rings. The van der Waals surface area contributed by atoms with Crippen LogP contribution in [-0.2, 0) is 14.8 Å². The minimum absolute atomic E-state index is 0.0475. The zero-order valence-electron chi connectivity index (χ0n) is 12.1. The summed E-state index contributed by atoms with van der Waals surface area (Å²) < 4.78 is 36.8. The lowest BCUT2D eigenvalue weighted by Crippen LogP contribution is -2.49. The first-order valence-electron chi connectivity index (χ1n) is 7.13. The fraction of sp³-hybridized carbons (Fsp3) is 0.643. The predicted octanol–water partition coefficient (Wildman–Crippen LogP) is 1.04. The van der Waals surface area contributed by atoms with Gasteiger partial charge in [0.1, 0.15) is 11.9 Å². The van der Waals surface area contributed by atoms with E-state index in [0.29, 0.717) is 26.1 Å². The molecule has 0 radical (unpaired) electrons. The van der Waals surface area contributed by atoms with Gasteiger partial charge in [0.05, 0.1) is 24.7 Å². The smallest absolute Gasteiger partial charge is 0.211 e. The lowest BCUT2D eigenvalue weighted by atomic mass is 9.90. The number of nitrogens with zero attached hydrogens (tertiary/aromatic N) is 2. The number of sulfonamides is 1. The third-order valence-electron chi connectivity index (χ3n) is 4.09. The Labute approximate surface area is 125 Å². The van der Waals surface area contributed by atoms with Crippen LogP contribution in [0.15, 0.2) is 24.5 Å². The highest BCUT2D eigenvalue weighted by Crippen LogP contribution is 2.36. The molecule has 1 spiro atoms. The van der Waals surface area contributed by atoms with E-state index in [-0.39, 0.29) is 6.10 Å². The molecule has 0 aromatic carbocycles. The van der Waals surface area contributed by atoms with Gasteiger partial charge in [-0.25, -0.2) is 8.42 Å². The van der Waals surface area contributed by atoms with Crippen LogP contribution in [0.4, 0.5) is 0 Å². The zero-order valence-corrected chi connectivity index (χ0v) is 12.9. The maximum Gasteiger partial charge on any atom is 0.211 e. The van der Waals surface area contributed by atoms with E-state index in [1.807, 2.05) is 12.1 Å². The second kappa shape index (κ2) is 5.55. The molecule has 0 N–H and O–H groups in total. The molecule has 3 heterocycles. The average molecular weight is 312 g/mol. The Morgan fingerprint density at radius 3 is 3.10 bits per heavy atom. The Bertz CT molecular complexity index is 592.